The van der Waals surface area contributed by atoms with Crippen molar-refractivity contribution in [3.63, 3.8) is 0 Å². The van der Waals surface area contributed by atoms with E-state index < -0.39 is 0 Å². The van der Waals surface area contributed by atoms with Crippen molar-refractivity contribution in [3.05, 3.63) is 0 Å². The van der Waals surface area contributed by atoms with Gasteiger partial charge < -0.3 is 10.2 Å². The summed E-state index contributed by atoms with van der Waals surface area (Å²) in [5.41, 5.74) is 0. The molecule has 2 nitrogen and oxygen atoms in total. The van der Waals surface area contributed by atoms with Crippen LogP contribution >= 0.6 is 0 Å². The van der Waals surface area contributed by atoms with Crippen LogP contribution in [0.4, 0.5) is 0 Å². The fraction of sp³-hybridized carbons (Fsp3) is 1.00. The Hall–Kier alpha value is -0.0800. The molecule has 0 aromatic heterocycles. The minimum Gasteiger partial charge on any atom is -0.316 e. The summed E-state index contributed by atoms with van der Waals surface area (Å²) >= 11 is 0. The summed E-state index contributed by atoms with van der Waals surface area (Å²) < 4.78 is 0. The molecule has 0 saturated carbocycles. The van der Waals surface area contributed by atoms with Crippen LogP contribution in [0.25, 0.3) is 0 Å². The van der Waals surface area contributed by atoms with Gasteiger partial charge in [0.15, 0.2) is 0 Å². The molecule has 0 aliphatic carbocycles. The molecule has 0 rings (SSSR count). The van der Waals surface area contributed by atoms with Crippen LogP contribution in [0.15, 0.2) is 0 Å². The molecule has 0 fully saturated rings. The Bertz CT molecular complexity index is 190. The Kier molecular flexibility index (Phi) is 11.7. The minimum absolute atomic E-state index is 0.729. The molecule has 0 saturated heterocycles. The second-order valence-electron chi connectivity index (χ2n) is 6.97. The van der Waals surface area contributed by atoms with E-state index in [4.69, 9.17) is 0 Å². The molecule has 0 aliphatic rings. The molecule has 1 unspecified atom stereocenters. The molecule has 1 N–H and O–H groups in total. The molecule has 0 spiro atoms. The van der Waals surface area contributed by atoms with Crippen LogP contribution in [0.5, 0.6) is 0 Å². The molecule has 19 heavy (non-hydrogen) atoms. The van der Waals surface area contributed by atoms with Crippen molar-refractivity contribution >= 4 is 0 Å². The number of hydrogen-bond acceptors (Lipinski definition) is 2. The molecule has 0 radical (unpaired) electrons. The van der Waals surface area contributed by atoms with Gasteiger partial charge in [0.05, 0.1) is 0 Å². The quantitative estimate of drug-likeness (QED) is 0.536. The maximum absolute atomic E-state index is 3.51. The third kappa shape index (κ3) is 12.7. The molecule has 0 heterocycles. The Morgan fingerprint density at radius 2 is 1.47 bits per heavy atom. The average Bonchev–Trinajstić information content (AvgIpc) is 2.30. The van der Waals surface area contributed by atoms with Crippen molar-refractivity contribution in [2.45, 2.75) is 72.8 Å². The summed E-state index contributed by atoms with van der Waals surface area (Å²) in [6.07, 6.45) is 6.75. The lowest BCUT2D eigenvalue weighted by Gasteiger charge is -2.26. The van der Waals surface area contributed by atoms with Crippen LogP contribution in [0.1, 0.15) is 66.7 Å². The molecular weight excluding hydrogens is 232 g/mol. The third-order valence-corrected chi connectivity index (χ3v) is 3.73. The topological polar surface area (TPSA) is 15.3 Å². The smallest absolute Gasteiger partial charge is 0.00663 e. The molecular formula is C17H38N2. The van der Waals surface area contributed by atoms with Gasteiger partial charge in [-0.05, 0) is 64.7 Å². The Balaban J connectivity index is 3.34. The van der Waals surface area contributed by atoms with E-state index in [9.17, 15) is 0 Å². The zero-order chi connectivity index (χ0) is 14.7. The number of unbranched alkanes of at least 4 members (excludes halogenated alkanes) is 3. The summed E-state index contributed by atoms with van der Waals surface area (Å²) in [4.78, 5) is 2.52. The van der Waals surface area contributed by atoms with E-state index in [-0.39, 0.29) is 0 Å². The number of nitrogens with one attached hydrogen (secondary N) is 1. The minimum atomic E-state index is 0.729. The van der Waals surface area contributed by atoms with Gasteiger partial charge in [0.1, 0.15) is 0 Å². The Labute approximate surface area is 122 Å². The molecule has 2 heteroatoms. The number of nitrogens with zero attached hydrogens (tertiary/aromatic N) is 1. The zero-order valence-electron chi connectivity index (χ0n) is 14.3. The van der Waals surface area contributed by atoms with E-state index in [1.165, 1.54) is 45.2 Å². The Morgan fingerprint density at radius 1 is 0.842 bits per heavy atom. The van der Waals surface area contributed by atoms with Crippen LogP contribution < -0.4 is 5.32 Å². The van der Waals surface area contributed by atoms with E-state index in [2.05, 4.69) is 51.9 Å². The average molecular weight is 271 g/mol. The van der Waals surface area contributed by atoms with Crippen molar-refractivity contribution < 1.29 is 0 Å². The van der Waals surface area contributed by atoms with Crippen molar-refractivity contribution in [2.75, 3.05) is 26.7 Å². The predicted octanol–water partition coefficient (Wildman–Crippen LogP) is 4.16. The summed E-state index contributed by atoms with van der Waals surface area (Å²) in [7, 11) is 2.28. The maximum Gasteiger partial charge on any atom is 0.00663 e. The highest BCUT2D eigenvalue weighted by Crippen LogP contribution is 2.10. The highest BCUT2D eigenvalue weighted by atomic mass is 15.1. The predicted molar refractivity (Wildman–Crippen MR) is 87.7 cm³/mol. The van der Waals surface area contributed by atoms with Gasteiger partial charge in [-0.25, -0.2) is 0 Å². The Morgan fingerprint density at radius 3 is 2.05 bits per heavy atom. The van der Waals surface area contributed by atoms with Gasteiger partial charge in [0, 0.05) is 6.04 Å². The first-order chi connectivity index (χ1) is 8.93. The number of hydrogen-bond donors (Lipinski definition) is 1. The van der Waals surface area contributed by atoms with Crippen LogP contribution in [-0.2, 0) is 0 Å². The van der Waals surface area contributed by atoms with E-state index in [0.29, 0.717) is 0 Å². The van der Waals surface area contributed by atoms with Gasteiger partial charge in [0.2, 0.25) is 0 Å². The van der Waals surface area contributed by atoms with Gasteiger partial charge in [-0.1, -0.05) is 40.5 Å². The molecule has 0 amide bonds. The fourth-order valence-electron chi connectivity index (χ4n) is 2.44. The molecule has 116 valence electrons. The molecule has 0 aliphatic heterocycles. The van der Waals surface area contributed by atoms with Crippen molar-refractivity contribution in [3.8, 4) is 0 Å². The third-order valence-electron chi connectivity index (χ3n) is 3.73. The highest BCUT2D eigenvalue weighted by Gasteiger charge is 2.09. The van der Waals surface area contributed by atoms with E-state index in [1.807, 2.05) is 0 Å². The molecule has 0 aromatic rings. The largest absolute Gasteiger partial charge is 0.316 e. The standard InChI is InChI=1S/C17H38N2/c1-15(2)13-17(5)19(6)12-10-8-7-9-11-18-14-16(3)4/h15-18H,7-14H2,1-6H3. The first kappa shape index (κ1) is 18.9. The molecule has 0 aromatic carbocycles. The maximum atomic E-state index is 3.51. The van der Waals surface area contributed by atoms with E-state index in [1.54, 1.807) is 0 Å². The first-order valence-corrected chi connectivity index (χ1v) is 8.34. The number of rotatable bonds is 12. The van der Waals surface area contributed by atoms with Crippen LogP contribution in [0, 0.1) is 11.8 Å². The SMILES string of the molecule is CC(C)CNCCCCCCN(C)C(C)CC(C)C. The zero-order valence-corrected chi connectivity index (χ0v) is 14.3. The van der Waals surface area contributed by atoms with Gasteiger partial charge in [-0.2, -0.15) is 0 Å². The van der Waals surface area contributed by atoms with E-state index in [0.717, 1.165) is 24.4 Å². The van der Waals surface area contributed by atoms with Crippen LogP contribution in [0.3, 0.4) is 0 Å². The summed E-state index contributed by atoms with van der Waals surface area (Å²) in [5, 5.41) is 3.51. The van der Waals surface area contributed by atoms with Gasteiger partial charge >= 0.3 is 0 Å². The lowest BCUT2D eigenvalue weighted by molar-refractivity contribution is 0.223. The monoisotopic (exact) mass is 270 g/mol. The van der Waals surface area contributed by atoms with Crippen molar-refractivity contribution in [1.29, 1.82) is 0 Å². The van der Waals surface area contributed by atoms with Gasteiger partial charge in [-0.15, -0.1) is 0 Å². The summed E-state index contributed by atoms with van der Waals surface area (Å²) in [6, 6.07) is 0.729. The fourth-order valence-corrected chi connectivity index (χ4v) is 2.44. The van der Waals surface area contributed by atoms with Crippen molar-refractivity contribution in [2.24, 2.45) is 11.8 Å². The van der Waals surface area contributed by atoms with Crippen molar-refractivity contribution in [1.82, 2.24) is 10.2 Å². The van der Waals surface area contributed by atoms with Crippen LogP contribution in [-0.4, -0.2) is 37.6 Å². The highest BCUT2D eigenvalue weighted by molar-refractivity contribution is 4.65. The second-order valence-corrected chi connectivity index (χ2v) is 6.97. The summed E-state index contributed by atoms with van der Waals surface area (Å²) in [5.74, 6) is 1.58. The molecule has 1 atom stereocenters. The van der Waals surface area contributed by atoms with Gasteiger partial charge in [0.25, 0.3) is 0 Å². The second kappa shape index (κ2) is 11.7. The molecule has 0 bridgehead atoms. The van der Waals surface area contributed by atoms with E-state index >= 15 is 0 Å². The van der Waals surface area contributed by atoms with Crippen LogP contribution in [0.2, 0.25) is 0 Å². The first-order valence-electron chi connectivity index (χ1n) is 8.34. The summed E-state index contributed by atoms with van der Waals surface area (Å²) in [6.45, 7) is 15.1. The lowest BCUT2D eigenvalue weighted by Crippen LogP contribution is -2.31. The lowest BCUT2D eigenvalue weighted by atomic mass is 10.0. The van der Waals surface area contributed by atoms with Gasteiger partial charge in [-0.3, -0.25) is 0 Å². The normalized spacial score (nSPS) is 13.7.